The number of anilines is 1. The van der Waals surface area contributed by atoms with Gasteiger partial charge in [-0.1, -0.05) is 18.2 Å². The lowest BCUT2D eigenvalue weighted by molar-refractivity contribution is 0.363. The average Bonchev–Trinajstić information content (AvgIpc) is 2.05. The topological polar surface area (TPSA) is 41.3 Å². The predicted molar refractivity (Wildman–Crippen MR) is 51.7 cm³/mol. The van der Waals surface area contributed by atoms with Gasteiger partial charge in [0.2, 0.25) is 0 Å². The summed E-state index contributed by atoms with van der Waals surface area (Å²) in [5.41, 5.74) is 1.14. The van der Waals surface area contributed by atoms with Crippen LogP contribution in [-0.2, 0) is 0 Å². The molecule has 0 saturated carbocycles. The molecule has 0 amide bonds. The Morgan fingerprint density at radius 3 is 2.58 bits per heavy atom. The summed E-state index contributed by atoms with van der Waals surface area (Å²) in [6.07, 6.45) is 0. The maximum Gasteiger partial charge on any atom is 0.0340 e. The van der Waals surface area contributed by atoms with E-state index in [0.717, 1.165) is 18.8 Å². The van der Waals surface area contributed by atoms with Crippen LogP contribution in [0.15, 0.2) is 30.3 Å². The van der Waals surface area contributed by atoms with Gasteiger partial charge < -0.3 is 5.32 Å². The van der Waals surface area contributed by atoms with Crippen LogP contribution in [0.1, 0.15) is 0 Å². The van der Waals surface area contributed by atoms with Gasteiger partial charge in [-0.15, -0.1) is 0 Å². The van der Waals surface area contributed by atoms with E-state index in [-0.39, 0.29) is 0 Å². The summed E-state index contributed by atoms with van der Waals surface area (Å²) < 4.78 is 0. The summed E-state index contributed by atoms with van der Waals surface area (Å²) in [5.74, 6) is 5.45. The van der Waals surface area contributed by atoms with Gasteiger partial charge in [0.05, 0.1) is 0 Å². The third-order valence-corrected chi connectivity index (χ3v) is 1.57. The van der Waals surface area contributed by atoms with Crippen molar-refractivity contribution in [1.29, 1.82) is 0 Å². The molecule has 0 aliphatic carbocycles. The van der Waals surface area contributed by atoms with E-state index in [1.54, 1.807) is 5.01 Å². The molecule has 0 saturated heterocycles. The first-order valence-electron chi connectivity index (χ1n) is 4.04. The molecule has 0 atom stereocenters. The summed E-state index contributed by atoms with van der Waals surface area (Å²) in [5, 5.41) is 4.92. The smallest absolute Gasteiger partial charge is 0.0340 e. The van der Waals surface area contributed by atoms with E-state index in [1.165, 1.54) is 0 Å². The summed E-state index contributed by atoms with van der Waals surface area (Å²) in [4.78, 5) is 0. The molecule has 3 nitrogen and oxygen atoms in total. The van der Waals surface area contributed by atoms with Gasteiger partial charge in [-0.05, 0) is 12.1 Å². The Morgan fingerprint density at radius 1 is 1.33 bits per heavy atom. The van der Waals surface area contributed by atoms with Crippen LogP contribution in [-0.4, -0.2) is 25.1 Å². The third-order valence-electron chi connectivity index (χ3n) is 1.57. The molecule has 0 fully saturated rings. The van der Waals surface area contributed by atoms with Crippen molar-refractivity contribution in [3.63, 3.8) is 0 Å². The Morgan fingerprint density at radius 2 is 2.00 bits per heavy atom. The number of benzene rings is 1. The number of likely N-dealkylation sites (N-methyl/N-ethyl adjacent to an activating group) is 1. The fraction of sp³-hybridized carbons (Fsp3) is 0.333. The molecule has 0 bridgehead atoms. The average molecular weight is 165 g/mol. The van der Waals surface area contributed by atoms with Crippen LogP contribution >= 0.6 is 0 Å². The minimum absolute atomic E-state index is 0.842. The Labute approximate surface area is 73.1 Å². The maximum absolute atomic E-state index is 5.45. The molecule has 0 aromatic heterocycles. The second-order valence-electron chi connectivity index (χ2n) is 2.77. The number of hydrogen-bond donors (Lipinski definition) is 2. The highest BCUT2D eigenvalue weighted by Gasteiger charge is 1.90. The lowest BCUT2D eigenvalue weighted by Gasteiger charge is -2.10. The second-order valence-corrected chi connectivity index (χ2v) is 2.77. The number of nitrogens with one attached hydrogen (secondary N) is 1. The maximum atomic E-state index is 5.45. The van der Waals surface area contributed by atoms with Crippen molar-refractivity contribution in [3.8, 4) is 0 Å². The van der Waals surface area contributed by atoms with E-state index >= 15 is 0 Å². The van der Waals surface area contributed by atoms with Crippen LogP contribution in [0, 0.1) is 0 Å². The van der Waals surface area contributed by atoms with Gasteiger partial charge >= 0.3 is 0 Å². The molecular weight excluding hydrogens is 150 g/mol. The Bertz CT molecular complexity index is 208. The molecule has 0 unspecified atom stereocenters. The van der Waals surface area contributed by atoms with Gasteiger partial charge in [-0.25, -0.2) is 5.01 Å². The fourth-order valence-electron chi connectivity index (χ4n) is 0.933. The van der Waals surface area contributed by atoms with E-state index in [0.29, 0.717) is 0 Å². The molecule has 1 aromatic rings. The monoisotopic (exact) mass is 165 g/mol. The van der Waals surface area contributed by atoms with Gasteiger partial charge in [0.1, 0.15) is 0 Å². The molecule has 3 heteroatoms. The quantitative estimate of drug-likeness (QED) is 0.514. The van der Waals surface area contributed by atoms with Crippen molar-refractivity contribution in [3.05, 3.63) is 30.3 Å². The third kappa shape index (κ3) is 3.37. The minimum atomic E-state index is 0.842. The highest BCUT2D eigenvalue weighted by atomic mass is 15.4. The zero-order valence-electron chi connectivity index (χ0n) is 7.33. The van der Waals surface area contributed by atoms with Crippen LogP contribution in [0.3, 0.4) is 0 Å². The normalized spacial score (nSPS) is 10.2. The van der Waals surface area contributed by atoms with Gasteiger partial charge in [0, 0.05) is 25.8 Å². The van der Waals surface area contributed by atoms with E-state index in [4.69, 9.17) is 5.84 Å². The van der Waals surface area contributed by atoms with E-state index < -0.39 is 0 Å². The molecule has 1 aromatic carbocycles. The van der Waals surface area contributed by atoms with E-state index in [1.807, 2.05) is 37.4 Å². The number of hydrazine groups is 1. The Kier molecular flexibility index (Phi) is 3.57. The summed E-state index contributed by atoms with van der Waals surface area (Å²) in [6, 6.07) is 10.1. The van der Waals surface area contributed by atoms with Gasteiger partial charge in [-0.2, -0.15) is 0 Å². The lowest BCUT2D eigenvalue weighted by atomic mass is 10.3. The predicted octanol–water partition coefficient (Wildman–Crippen LogP) is 0.904. The largest absolute Gasteiger partial charge is 0.384 e. The van der Waals surface area contributed by atoms with Crippen molar-refractivity contribution in [1.82, 2.24) is 5.01 Å². The fourth-order valence-corrected chi connectivity index (χ4v) is 0.933. The van der Waals surface area contributed by atoms with Crippen LogP contribution in [0.2, 0.25) is 0 Å². The van der Waals surface area contributed by atoms with Crippen LogP contribution in [0.25, 0.3) is 0 Å². The lowest BCUT2D eigenvalue weighted by Crippen LogP contribution is -2.31. The first kappa shape index (κ1) is 9.03. The highest BCUT2D eigenvalue weighted by Crippen LogP contribution is 2.03. The van der Waals surface area contributed by atoms with Gasteiger partial charge in [0.15, 0.2) is 0 Å². The number of para-hydroxylation sites is 1. The number of rotatable bonds is 4. The zero-order chi connectivity index (χ0) is 8.81. The van der Waals surface area contributed by atoms with Crippen molar-refractivity contribution in [2.45, 2.75) is 0 Å². The van der Waals surface area contributed by atoms with Crippen molar-refractivity contribution in [2.75, 3.05) is 25.5 Å². The zero-order valence-corrected chi connectivity index (χ0v) is 7.33. The van der Waals surface area contributed by atoms with Crippen LogP contribution in [0.5, 0.6) is 0 Å². The molecule has 0 spiro atoms. The van der Waals surface area contributed by atoms with Crippen LogP contribution in [0.4, 0.5) is 5.69 Å². The SMILES string of the molecule is CN(N)CCNc1ccccc1. The summed E-state index contributed by atoms with van der Waals surface area (Å²) in [7, 11) is 1.85. The molecule has 0 aliphatic rings. The van der Waals surface area contributed by atoms with Crippen molar-refractivity contribution < 1.29 is 0 Å². The molecule has 0 aliphatic heterocycles. The van der Waals surface area contributed by atoms with Crippen LogP contribution < -0.4 is 11.2 Å². The summed E-state index contributed by atoms with van der Waals surface area (Å²) >= 11 is 0. The second kappa shape index (κ2) is 4.74. The molecule has 0 radical (unpaired) electrons. The number of hydrogen-bond acceptors (Lipinski definition) is 3. The molecule has 3 N–H and O–H groups in total. The Hall–Kier alpha value is -1.06. The minimum Gasteiger partial charge on any atom is -0.384 e. The highest BCUT2D eigenvalue weighted by molar-refractivity contribution is 5.42. The van der Waals surface area contributed by atoms with Crippen molar-refractivity contribution >= 4 is 5.69 Å². The van der Waals surface area contributed by atoms with E-state index in [9.17, 15) is 0 Å². The molecule has 12 heavy (non-hydrogen) atoms. The molecule has 66 valence electrons. The first-order chi connectivity index (χ1) is 5.79. The van der Waals surface area contributed by atoms with E-state index in [2.05, 4.69) is 5.32 Å². The van der Waals surface area contributed by atoms with Gasteiger partial charge in [0.25, 0.3) is 0 Å². The standard InChI is InChI=1S/C9H15N3/c1-12(10)8-7-11-9-5-3-2-4-6-9/h2-6,11H,7-8,10H2,1H3. The molecular formula is C9H15N3. The van der Waals surface area contributed by atoms with Crippen molar-refractivity contribution in [2.24, 2.45) is 5.84 Å². The van der Waals surface area contributed by atoms with Gasteiger partial charge in [-0.3, -0.25) is 5.84 Å². The number of nitrogens with zero attached hydrogens (tertiary/aromatic N) is 1. The Balaban J connectivity index is 2.25. The number of nitrogens with two attached hydrogens (primary N) is 1. The first-order valence-corrected chi connectivity index (χ1v) is 4.04. The molecule has 1 rings (SSSR count). The summed E-state index contributed by atoms with van der Waals surface area (Å²) in [6.45, 7) is 1.71. The molecule has 0 heterocycles.